The van der Waals surface area contributed by atoms with Gasteiger partial charge in [-0.2, -0.15) is 0 Å². The first-order valence-corrected chi connectivity index (χ1v) is 26.3. The zero-order chi connectivity index (χ0) is 50.4. The molecule has 2 aliphatic heterocycles. The second kappa shape index (κ2) is 19.1. The minimum Gasteiger partial charge on any atom is -0.461 e. The van der Waals surface area contributed by atoms with Crippen LogP contribution < -0.4 is 5.32 Å². The highest BCUT2D eigenvalue weighted by Crippen LogP contribution is 2.63. The third-order valence-corrected chi connectivity index (χ3v) is 19.5. The molecule has 1 N–H and O–H groups in total. The topological polar surface area (TPSA) is 196 Å². The number of carbonyl (C=O) groups is 7. The summed E-state index contributed by atoms with van der Waals surface area (Å²) in [5, 5.41) is 2.64. The van der Waals surface area contributed by atoms with Gasteiger partial charge in [-0.3, -0.25) is 24.0 Å². The number of hydrogen-bond donors (Lipinski definition) is 1. The number of fused-ring (bicyclic) bond motifs is 6. The summed E-state index contributed by atoms with van der Waals surface area (Å²) in [6.07, 6.45) is -7.27. The molecule has 69 heavy (non-hydrogen) atoms. The summed E-state index contributed by atoms with van der Waals surface area (Å²) in [5.74, 6) is -7.07. The highest BCUT2D eigenvalue weighted by molar-refractivity contribution is 6.74. The molecule has 15 nitrogen and oxygen atoms in total. The lowest BCUT2D eigenvalue weighted by Gasteiger charge is -2.58. The van der Waals surface area contributed by atoms with E-state index < -0.39 is 127 Å². The fourth-order valence-corrected chi connectivity index (χ4v) is 11.7. The molecule has 0 aromatic heterocycles. The Morgan fingerprint density at radius 2 is 1.42 bits per heavy atom. The molecule has 3 aromatic rings. The van der Waals surface area contributed by atoms with Crippen molar-refractivity contribution in [3.05, 3.63) is 119 Å². The minimum atomic E-state index is -2.91. The maximum absolute atomic E-state index is 15.6. The van der Waals surface area contributed by atoms with E-state index in [1.165, 1.54) is 13.8 Å². The van der Waals surface area contributed by atoms with Gasteiger partial charge < -0.3 is 38.2 Å². The summed E-state index contributed by atoms with van der Waals surface area (Å²) in [5.41, 5.74) is -3.75. The molecule has 1 saturated carbocycles. The first kappa shape index (κ1) is 50.9. The van der Waals surface area contributed by atoms with E-state index >= 15 is 9.59 Å². The van der Waals surface area contributed by atoms with Crippen LogP contribution in [-0.2, 0) is 56.8 Å². The molecule has 2 saturated heterocycles. The largest absolute Gasteiger partial charge is 0.461 e. The van der Waals surface area contributed by atoms with Gasteiger partial charge in [-0.1, -0.05) is 108 Å². The van der Waals surface area contributed by atoms with Gasteiger partial charge in [-0.25, -0.2) is 9.59 Å². The van der Waals surface area contributed by atoms with Gasteiger partial charge in [0.25, 0.3) is 5.91 Å². The summed E-state index contributed by atoms with van der Waals surface area (Å²) in [4.78, 5) is 98.8. The molecule has 10 atom stereocenters. The predicted octanol–water partition coefficient (Wildman–Crippen LogP) is 7.59. The number of amides is 1. The van der Waals surface area contributed by atoms with Crippen LogP contribution in [0.25, 0.3) is 0 Å². The number of nitrogens with one attached hydrogen (secondary N) is 1. The number of ketones is 1. The maximum atomic E-state index is 15.6. The van der Waals surface area contributed by atoms with Crippen molar-refractivity contribution >= 4 is 49.9 Å². The van der Waals surface area contributed by atoms with E-state index in [0.717, 1.165) is 0 Å². The van der Waals surface area contributed by atoms with Gasteiger partial charge in [-0.05, 0) is 60.5 Å². The summed E-state index contributed by atoms with van der Waals surface area (Å²) < 4.78 is 45.2. The average molecular weight is 966 g/mol. The fraction of sp³-hybridized carbons (Fsp3) is 0.491. The first-order valence-electron chi connectivity index (χ1n) is 23.4. The summed E-state index contributed by atoms with van der Waals surface area (Å²) in [6.45, 7) is 18.6. The van der Waals surface area contributed by atoms with E-state index in [9.17, 15) is 24.0 Å². The molecular formula is C53H63NO14Si. The van der Waals surface area contributed by atoms with Crippen molar-refractivity contribution in [3.8, 4) is 0 Å². The molecule has 0 unspecified atom stereocenters. The molecule has 2 aliphatic carbocycles. The number of ether oxygens (including phenoxy) is 6. The van der Waals surface area contributed by atoms with Crippen molar-refractivity contribution in [3.63, 3.8) is 0 Å². The Morgan fingerprint density at radius 3 is 1.99 bits per heavy atom. The molecule has 1 amide bonds. The second-order valence-electron chi connectivity index (χ2n) is 20.7. The number of benzene rings is 3. The molecule has 2 bridgehead atoms. The van der Waals surface area contributed by atoms with Crippen LogP contribution in [0, 0.1) is 17.3 Å². The van der Waals surface area contributed by atoms with Gasteiger partial charge >= 0.3 is 29.8 Å². The molecule has 0 radical (unpaired) electrons. The van der Waals surface area contributed by atoms with Gasteiger partial charge in [0.2, 0.25) is 0 Å². The van der Waals surface area contributed by atoms with Gasteiger partial charge in [0.15, 0.2) is 37.5 Å². The Hall–Kier alpha value is -5.97. The van der Waals surface area contributed by atoms with E-state index in [0.29, 0.717) is 16.7 Å². The normalized spacial score (nSPS) is 28.1. The molecule has 2 heterocycles. The molecule has 0 spiro atoms. The second-order valence-corrected chi connectivity index (χ2v) is 25.5. The maximum Gasteiger partial charge on any atom is 0.338 e. The van der Waals surface area contributed by atoms with Crippen LogP contribution in [0.1, 0.15) is 107 Å². The van der Waals surface area contributed by atoms with Crippen LogP contribution in [0.4, 0.5) is 0 Å². The lowest BCUT2D eigenvalue weighted by atomic mass is 9.52. The van der Waals surface area contributed by atoms with Crippen molar-refractivity contribution in [2.75, 3.05) is 6.61 Å². The number of carbonyl (C=O) groups excluding carboxylic acids is 7. The Labute approximate surface area is 404 Å². The quantitative estimate of drug-likeness (QED) is 0.1000. The lowest BCUT2D eigenvalue weighted by molar-refractivity contribution is -0.210. The van der Waals surface area contributed by atoms with E-state index in [4.69, 9.17) is 32.8 Å². The number of Topliss-reactive ketones (excluding diaryl/α,β-unsaturated/α-hetero) is 1. The van der Waals surface area contributed by atoms with Crippen LogP contribution in [0.2, 0.25) is 18.1 Å². The highest BCUT2D eigenvalue weighted by atomic mass is 28.4. The molecule has 16 heteroatoms. The molecule has 368 valence electrons. The molecule has 7 rings (SSSR count). The number of esters is 5. The van der Waals surface area contributed by atoms with Crippen molar-refractivity contribution < 1.29 is 66.4 Å². The molecule has 3 aromatic carbocycles. The smallest absolute Gasteiger partial charge is 0.338 e. The average Bonchev–Trinajstić information content (AvgIpc) is 3.77. The van der Waals surface area contributed by atoms with E-state index in [2.05, 4.69) is 5.32 Å². The first-order chi connectivity index (χ1) is 32.3. The molecule has 4 aliphatic rings. The zero-order valence-corrected chi connectivity index (χ0v) is 42.1. The highest BCUT2D eigenvalue weighted by Gasteiger charge is 2.76. The zero-order valence-electron chi connectivity index (χ0n) is 41.1. The lowest BCUT2D eigenvalue weighted by Crippen LogP contribution is -2.69. The number of rotatable bonds is 13. The van der Waals surface area contributed by atoms with E-state index in [1.54, 1.807) is 113 Å². The van der Waals surface area contributed by atoms with Crippen LogP contribution >= 0.6 is 0 Å². The molecular weight excluding hydrogens is 903 g/mol. The summed E-state index contributed by atoms with van der Waals surface area (Å²) in [7, 11) is -2.91. The van der Waals surface area contributed by atoms with Gasteiger partial charge in [0.1, 0.15) is 24.9 Å². The third kappa shape index (κ3) is 9.42. The van der Waals surface area contributed by atoms with Crippen molar-refractivity contribution in [2.24, 2.45) is 17.3 Å². The predicted molar refractivity (Wildman–Crippen MR) is 253 cm³/mol. The Morgan fingerprint density at radius 1 is 0.841 bits per heavy atom. The van der Waals surface area contributed by atoms with E-state index in [1.807, 2.05) is 39.9 Å². The van der Waals surface area contributed by atoms with Crippen LogP contribution in [0.15, 0.2) is 102 Å². The summed E-state index contributed by atoms with van der Waals surface area (Å²) >= 11 is 0. The SMILES string of the molecule is CC(=O)OC[C@]12OC(=O)C[C@H]1O[C@H]1[C@H]2[C@H](C)[C@H](OC(C)=O)C(=O)C2=C(C)[C@@H](OC(=O)[C@H](O[Si](C)(C)C(C)(C)C)[C@@H](NC(=O)c3ccccc3)c3ccccc3)C[C@]1(OC(=O)c1ccccc1)C2(C)C. The fourth-order valence-electron chi connectivity index (χ4n) is 10.5. The van der Waals surface area contributed by atoms with Crippen LogP contribution in [0.5, 0.6) is 0 Å². The molecule has 3 fully saturated rings. The van der Waals surface area contributed by atoms with Crippen molar-refractivity contribution in [1.29, 1.82) is 0 Å². The standard InChI is InChI=1S/C53H63NO14Si/c1-30-37(64-49(61)45(68-69(10,11)50(5,6)7)42(34-21-15-12-16-22-34)54-47(59)35-23-17-13-18-24-35)28-53(67-48(60)36-25-19-14-20-26-36)46-41(52(29-62-32(3)55)38(65-46)27-39(57)66-52)31(2)44(63-33(4)56)43(58)40(30)51(53,8)9/h12-26,31,37-38,41-42,44-46H,27-29H2,1-11H3,(H,54,59)/t31-,37-,38+,41+,42-,44-,45+,46-,52-,53+/m0/s1. The van der Waals surface area contributed by atoms with Crippen LogP contribution in [-0.4, -0.2) is 98.2 Å². The van der Waals surface area contributed by atoms with E-state index in [-0.39, 0.29) is 24.0 Å². The third-order valence-electron chi connectivity index (χ3n) is 15.0. The summed E-state index contributed by atoms with van der Waals surface area (Å²) in [6, 6.07) is 24.6. The Bertz CT molecular complexity index is 2520. The van der Waals surface area contributed by atoms with Gasteiger partial charge in [0, 0.05) is 48.7 Å². The van der Waals surface area contributed by atoms with Crippen molar-refractivity contribution in [1.82, 2.24) is 5.32 Å². The monoisotopic (exact) mass is 965 g/mol. The minimum absolute atomic E-state index is 0.0644. The van der Waals surface area contributed by atoms with Crippen molar-refractivity contribution in [2.45, 2.75) is 141 Å². The van der Waals surface area contributed by atoms with Gasteiger partial charge in [0.05, 0.1) is 18.0 Å². The number of hydrogen-bond acceptors (Lipinski definition) is 14. The van der Waals surface area contributed by atoms with Crippen LogP contribution in [0.3, 0.4) is 0 Å². The Balaban J connectivity index is 1.44. The Kier molecular flexibility index (Phi) is 14.1. The van der Waals surface area contributed by atoms with Gasteiger partial charge in [-0.15, -0.1) is 0 Å².